The van der Waals surface area contributed by atoms with Gasteiger partial charge in [0.25, 0.3) is 0 Å². The van der Waals surface area contributed by atoms with E-state index in [9.17, 15) is 4.79 Å². The van der Waals surface area contributed by atoms with E-state index in [0.29, 0.717) is 5.76 Å². The highest BCUT2D eigenvalue weighted by Crippen LogP contribution is 2.20. The van der Waals surface area contributed by atoms with Crippen molar-refractivity contribution < 1.29 is 9.21 Å². The average Bonchev–Trinajstić information content (AvgIpc) is 2.59. The number of carbonyl (C=O) groups is 1. The molecule has 1 heterocycles. The fraction of sp³-hybridized carbons (Fsp3) is 0.182. The Balaban J connectivity index is 2.56. The first-order chi connectivity index (χ1) is 6.70. The fourth-order valence-electron chi connectivity index (χ4n) is 1.37. The van der Waals surface area contributed by atoms with E-state index in [-0.39, 0.29) is 11.7 Å². The van der Waals surface area contributed by atoms with E-state index >= 15 is 0 Å². The maximum absolute atomic E-state index is 11.2. The van der Waals surface area contributed by atoms with Crippen LogP contribution in [0.1, 0.15) is 16.1 Å². The minimum Gasteiger partial charge on any atom is -0.453 e. The summed E-state index contributed by atoms with van der Waals surface area (Å²) in [6.07, 6.45) is 0. The molecule has 0 spiro atoms. The van der Waals surface area contributed by atoms with Gasteiger partial charge in [-0.25, -0.2) is 0 Å². The number of Topliss-reactive ketones (excluding diaryl/α,β-unsaturated/α-hetero) is 1. The number of carbonyl (C=O) groups excluding carboxylic acids is 1. The van der Waals surface area contributed by atoms with Gasteiger partial charge in [0, 0.05) is 5.39 Å². The van der Waals surface area contributed by atoms with Crippen LogP contribution >= 0.6 is 11.6 Å². The summed E-state index contributed by atoms with van der Waals surface area (Å²) in [6, 6.07) is 7.51. The Morgan fingerprint density at radius 3 is 2.93 bits per heavy atom. The number of furan rings is 1. The molecule has 72 valence electrons. The molecule has 3 heteroatoms. The fourth-order valence-corrected chi connectivity index (χ4v) is 1.50. The summed E-state index contributed by atoms with van der Waals surface area (Å²) in [5.74, 6) is 0.111. The molecule has 0 aliphatic rings. The molecule has 0 fully saturated rings. The summed E-state index contributed by atoms with van der Waals surface area (Å²) < 4.78 is 5.34. The molecule has 1 aromatic heterocycles. The average molecular weight is 209 g/mol. The monoisotopic (exact) mass is 208 g/mol. The number of fused-ring (bicyclic) bond motifs is 1. The van der Waals surface area contributed by atoms with Crippen molar-refractivity contribution in [3.63, 3.8) is 0 Å². The third-order valence-corrected chi connectivity index (χ3v) is 2.31. The lowest BCUT2D eigenvalue weighted by molar-refractivity contribution is 0.0993. The van der Waals surface area contributed by atoms with E-state index in [1.54, 1.807) is 6.07 Å². The van der Waals surface area contributed by atoms with E-state index in [4.69, 9.17) is 16.0 Å². The highest BCUT2D eigenvalue weighted by molar-refractivity contribution is 6.30. The molecule has 0 N–H and O–H groups in total. The van der Waals surface area contributed by atoms with Crippen molar-refractivity contribution in [1.82, 2.24) is 0 Å². The van der Waals surface area contributed by atoms with E-state index < -0.39 is 0 Å². The van der Waals surface area contributed by atoms with Crippen molar-refractivity contribution in [3.05, 3.63) is 35.6 Å². The summed E-state index contributed by atoms with van der Waals surface area (Å²) >= 11 is 5.44. The number of aryl methyl sites for hydroxylation is 1. The molecule has 0 radical (unpaired) electrons. The van der Waals surface area contributed by atoms with Gasteiger partial charge in [-0.15, -0.1) is 11.6 Å². The normalized spacial score (nSPS) is 10.7. The highest BCUT2D eigenvalue weighted by Gasteiger charge is 2.10. The Kier molecular flexibility index (Phi) is 2.30. The molecule has 0 aliphatic heterocycles. The zero-order chi connectivity index (χ0) is 10.1. The van der Waals surface area contributed by atoms with E-state index in [1.807, 2.05) is 25.1 Å². The first kappa shape index (κ1) is 9.28. The summed E-state index contributed by atoms with van der Waals surface area (Å²) in [4.78, 5) is 11.2. The van der Waals surface area contributed by atoms with Crippen LogP contribution < -0.4 is 0 Å². The zero-order valence-electron chi connectivity index (χ0n) is 7.71. The second kappa shape index (κ2) is 3.46. The van der Waals surface area contributed by atoms with Gasteiger partial charge in [0.1, 0.15) is 5.58 Å². The van der Waals surface area contributed by atoms with Gasteiger partial charge < -0.3 is 4.42 Å². The van der Waals surface area contributed by atoms with Gasteiger partial charge >= 0.3 is 0 Å². The molecule has 0 unspecified atom stereocenters. The maximum atomic E-state index is 11.2. The smallest absolute Gasteiger partial charge is 0.212 e. The molecule has 0 amide bonds. The lowest BCUT2D eigenvalue weighted by atomic mass is 10.2. The Labute approximate surface area is 86.5 Å². The summed E-state index contributed by atoms with van der Waals surface area (Å²) in [5, 5.41) is 0.943. The quantitative estimate of drug-likeness (QED) is 0.561. The van der Waals surface area contributed by atoms with Crippen LogP contribution in [-0.4, -0.2) is 11.7 Å². The Morgan fingerprint density at radius 2 is 2.21 bits per heavy atom. The van der Waals surface area contributed by atoms with Crippen LogP contribution in [0.4, 0.5) is 0 Å². The van der Waals surface area contributed by atoms with Gasteiger partial charge in [0.2, 0.25) is 5.78 Å². The number of halogens is 1. The molecule has 2 aromatic rings. The molecular weight excluding hydrogens is 200 g/mol. The van der Waals surface area contributed by atoms with Crippen LogP contribution in [0.15, 0.2) is 28.7 Å². The number of hydrogen-bond acceptors (Lipinski definition) is 2. The number of hydrogen-bond donors (Lipinski definition) is 0. The van der Waals surface area contributed by atoms with Crippen molar-refractivity contribution in [3.8, 4) is 0 Å². The number of alkyl halides is 1. The largest absolute Gasteiger partial charge is 0.453 e. The van der Waals surface area contributed by atoms with E-state index in [1.165, 1.54) is 0 Å². The second-order valence-corrected chi connectivity index (χ2v) is 3.48. The van der Waals surface area contributed by atoms with E-state index in [2.05, 4.69) is 0 Å². The first-order valence-corrected chi connectivity index (χ1v) is 4.83. The molecule has 1 aromatic carbocycles. The minimum atomic E-state index is -0.180. The summed E-state index contributed by atoms with van der Waals surface area (Å²) in [6.45, 7) is 2.00. The lowest BCUT2D eigenvalue weighted by Gasteiger charge is -1.89. The van der Waals surface area contributed by atoms with Crippen molar-refractivity contribution in [2.75, 3.05) is 5.88 Å². The molecule has 0 aliphatic carbocycles. The first-order valence-electron chi connectivity index (χ1n) is 4.30. The van der Waals surface area contributed by atoms with Crippen molar-refractivity contribution >= 4 is 28.4 Å². The number of benzene rings is 1. The van der Waals surface area contributed by atoms with Gasteiger partial charge in [-0.3, -0.25) is 4.79 Å². The third kappa shape index (κ3) is 1.53. The van der Waals surface area contributed by atoms with Crippen LogP contribution in [0.3, 0.4) is 0 Å². The number of rotatable bonds is 2. The van der Waals surface area contributed by atoms with Gasteiger partial charge in [-0.1, -0.05) is 11.6 Å². The van der Waals surface area contributed by atoms with Crippen LogP contribution in [0, 0.1) is 6.92 Å². The van der Waals surface area contributed by atoms with Gasteiger partial charge in [0.05, 0.1) is 5.88 Å². The summed E-state index contributed by atoms with van der Waals surface area (Å²) in [7, 11) is 0. The molecule has 0 atom stereocenters. The molecule has 2 rings (SSSR count). The SMILES string of the molecule is Cc1ccc2oc(C(=O)CCl)cc2c1. The Bertz CT molecular complexity index is 485. The topological polar surface area (TPSA) is 30.2 Å². The van der Waals surface area contributed by atoms with Gasteiger partial charge in [-0.2, -0.15) is 0 Å². The molecule has 2 nitrogen and oxygen atoms in total. The standard InChI is InChI=1S/C11H9ClO2/c1-7-2-3-10-8(4-7)5-11(14-10)9(13)6-12/h2-5H,6H2,1H3. The minimum absolute atomic E-state index is 0.0429. The predicted molar refractivity (Wildman–Crippen MR) is 56.0 cm³/mol. The van der Waals surface area contributed by atoms with Gasteiger partial charge in [-0.05, 0) is 25.1 Å². The van der Waals surface area contributed by atoms with Crippen molar-refractivity contribution in [2.45, 2.75) is 6.92 Å². The van der Waals surface area contributed by atoms with Crippen LogP contribution in [0.25, 0.3) is 11.0 Å². The van der Waals surface area contributed by atoms with Crippen molar-refractivity contribution in [2.24, 2.45) is 0 Å². The van der Waals surface area contributed by atoms with Gasteiger partial charge in [0.15, 0.2) is 5.76 Å². The maximum Gasteiger partial charge on any atom is 0.212 e. The summed E-state index contributed by atoms with van der Waals surface area (Å²) in [5.41, 5.74) is 1.87. The molecule has 14 heavy (non-hydrogen) atoms. The molecule has 0 saturated carbocycles. The second-order valence-electron chi connectivity index (χ2n) is 3.21. The van der Waals surface area contributed by atoms with Crippen molar-refractivity contribution in [1.29, 1.82) is 0 Å². The Morgan fingerprint density at radius 1 is 1.43 bits per heavy atom. The van der Waals surface area contributed by atoms with Crippen LogP contribution in [0.2, 0.25) is 0 Å². The number of ketones is 1. The third-order valence-electron chi connectivity index (χ3n) is 2.07. The lowest BCUT2D eigenvalue weighted by Crippen LogP contribution is -1.96. The zero-order valence-corrected chi connectivity index (χ0v) is 8.47. The highest BCUT2D eigenvalue weighted by atomic mass is 35.5. The predicted octanol–water partition coefficient (Wildman–Crippen LogP) is 3.16. The van der Waals surface area contributed by atoms with E-state index in [0.717, 1.165) is 16.5 Å². The Hall–Kier alpha value is -1.28. The molecule has 0 saturated heterocycles. The van der Waals surface area contributed by atoms with Crippen LogP contribution in [0.5, 0.6) is 0 Å². The molecule has 0 bridgehead atoms. The van der Waals surface area contributed by atoms with Crippen LogP contribution in [-0.2, 0) is 0 Å². The molecular formula is C11H9ClO2.